The highest BCUT2D eigenvalue weighted by Crippen LogP contribution is 2.23. The Morgan fingerprint density at radius 2 is 1.79 bits per heavy atom. The molecule has 24 heavy (non-hydrogen) atoms. The first kappa shape index (κ1) is 19.7. The predicted molar refractivity (Wildman–Crippen MR) is 101 cm³/mol. The largest absolute Gasteiger partial charge is 0.340 e. The highest BCUT2D eigenvalue weighted by molar-refractivity contribution is 5.76. The minimum absolute atomic E-state index is 0.372. The Labute approximate surface area is 149 Å². The van der Waals surface area contributed by atoms with Gasteiger partial charge in [0.25, 0.3) is 0 Å². The summed E-state index contributed by atoms with van der Waals surface area (Å²) in [7, 11) is 0. The fourth-order valence-corrected chi connectivity index (χ4v) is 4.26. The van der Waals surface area contributed by atoms with E-state index in [0.29, 0.717) is 11.9 Å². The molecule has 2 aliphatic rings. The molecule has 2 atom stereocenters. The van der Waals surface area contributed by atoms with Gasteiger partial charge in [-0.15, -0.1) is 0 Å². The van der Waals surface area contributed by atoms with E-state index in [9.17, 15) is 4.79 Å². The molecule has 0 N–H and O–H groups in total. The topological polar surface area (TPSA) is 26.8 Å². The van der Waals surface area contributed by atoms with Crippen LogP contribution in [-0.4, -0.2) is 72.5 Å². The monoisotopic (exact) mass is 337 g/mol. The highest BCUT2D eigenvalue weighted by Gasteiger charge is 2.25. The van der Waals surface area contributed by atoms with Gasteiger partial charge >= 0.3 is 0 Å². The van der Waals surface area contributed by atoms with Crippen molar-refractivity contribution in [3.8, 4) is 0 Å². The first-order chi connectivity index (χ1) is 11.5. The quantitative estimate of drug-likeness (QED) is 0.681. The van der Waals surface area contributed by atoms with E-state index in [2.05, 4.69) is 42.4 Å². The number of nitrogens with zero attached hydrogens (tertiary/aromatic N) is 3. The van der Waals surface area contributed by atoms with Gasteiger partial charge in [-0.05, 0) is 57.5 Å². The fourth-order valence-electron chi connectivity index (χ4n) is 4.26. The van der Waals surface area contributed by atoms with E-state index in [1.165, 1.54) is 32.4 Å². The van der Waals surface area contributed by atoms with Crippen LogP contribution in [-0.2, 0) is 4.79 Å². The van der Waals surface area contributed by atoms with Gasteiger partial charge in [-0.25, -0.2) is 0 Å². The van der Waals surface area contributed by atoms with Crippen molar-refractivity contribution in [2.24, 2.45) is 11.8 Å². The van der Waals surface area contributed by atoms with Gasteiger partial charge in [0, 0.05) is 45.2 Å². The number of hydrogen-bond donors (Lipinski definition) is 0. The molecule has 0 bridgehead atoms. The Morgan fingerprint density at radius 3 is 2.42 bits per heavy atom. The Hall–Kier alpha value is -0.610. The average Bonchev–Trinajstić information content (AvgIpc) is 3.00. The second-order valence-electron chi connectivity index (χ2n) is 8.36. The number of likely N-dealkylation sites (tertiary alicyclic amines) is 1. The van der Waals surface area contributed by atoms with Crippen molar-refractivity contribution in [1.82, 2.24) is 14.7 Å². The zero-order valence-corrected chi connectivity index (χ0v) is 16.5. The molecule has 2 unspecified atom stereocenters. The molecular weight excluding hydrogens is 298 g/mol. The number of carbonyl (C=O) groups excluding carboxylic acids is 1. The van der Waals surface area contributed by atoms with Crippen molar-refractivity contribution in [2.45, 2.75) is 65.8 Å². The Bertz CT molecular complexity index is 377. The third-order valence-corrected chi connectivity index (χ3v) is 5.92. The van der Waals surface area contributed by atoms with Gasteiger partial charge in [-0.3, -0.25) is 9.69 Å². The van der Waals surface area contributed by atoms with Crippen LogP contribution < -0.4 is 0 Å². The molecule has 2 fully saturated rings. The highest BCUT2D eigenvalue weighted by atomic mass is 16.2. The first-order valence-corrected chi connectivity index (χ1v) is 10.2. The molecule has 2 aliphatic heterocycles. The molecule has 4 heteroatoms. The third kappa shape index (κ3) is 6.03. The summed E-state index contributed by atoms with van der Waals surface area (Å²) in [6.07, 6.45) is 5.66. The van der Waals surface area contributed by atoms with Gasteiger partial charge in [0.05, 0.1) is 0 Å². The van der Waals surface area contributed by atoms with Crippen LogP contribution in [0.3, 0.4) is 0 Å². The summed E-state index contributed by atoms with van der Waals surface area (Å²) in [5, 5.41) is 0. The molecule has 0 spiro atoms. The zero-order valence-electron chi connectivity index (χ0n) is 16.5. The summed E-state index contributed by atoms with van der Waals surface area (Å²) >= 11 is 0. The summed E-state index contributed by atoms with van der Waals surface area (Å²) < 4.78 is 0. The summed E-state index contributed by atoms with van der Waals surface area (Å²) in [6, 6.07) is 0.649. The lowest BCUT2D eigenvalue weighted by Gasteiger charge is -2.38. The smallest absolute Gasteiger partial charge is 0.222 e. The molecule has 0 radical (unpaired) electrons. The van der Waals surface area contributed by atoms with E-state index in [1.807, 2.05) is 0 Å². The average molecular weight is 338 g/mol. The zero-order chi connectivity index (χ0) is 17.5. The van der Waals surface area contributed by atoms with E-state index >= 15 is 0 Å². The predicted octanol–water partition coefficient (Wildman–Crippen LogP) is 3.08. The third-order valence-electron chi connectivity index (χ3n) is 5.92. The van der Waals surface area contributed by atoms with Crippen molar-refractivity contribution >= 4 is 5.91 Å². The lowest BCUT2D eigenvalue weighted by atomic mass is 9.97. The molecule has 2 saturated heterocycles. The Morgan fingerprint density at radius 1 is 1.08 bits per heavy atom. The van der Waals surface area contributed by atoms with E-state index in [1.54, 1.807) is 0 Å². The standard InChI is InChI=1S/C20H39N3O/c1-5-18(4)22-11-13-23(14-12-22)20(24)7-6-9-21-10-8-19(16-21)15-17(2)3/h17-19H,5-16H2,1-4H3. The Balaban J connectivity index is 1.59. The molecule has 0 aromatic heterocycles. The van der Waals surface area contributed by atoms with Crippen LogP contribution >= 0.6 is 0 Å². The molecule has 0 aliphatic carbocycles. The van der Waals surface area contributed by atoms with E-state index < -0.39 is 0 Å². The van der Waals surface area contributed by atoms with Crippen LogP contribution in [0, 0.1) is 11.8 Å². The summed E-state index contributed by atoms with van der Waals surface area (Å²) in [4.78, 5) is 19.6. The Kier molecular flexibility index (Phi) is 8.02. The van der Waals surface area contributed by atoms with Gasteiger partial charge in [0.2, 0.25) is 5.91 Å². The lowest BCUT2D eigenvalue weighted by molar-refractivity contribution is -0.133. The number of amides is 1. The normalized spacial score (nSPS) is 24.7. The van der Waals surface area contributed by atoms with Gasteiger partial charge in [0.1, 0.15) is 0 Å². The SMILES string of the molecule is CCC(C)N1CCN(C(=O)CCCN2CCC(CC(C)C)C2)CC1. The van der Waals surface area contributed by atoms with Crippen LogP contribution in [0.15, 0.2) is 0 Å². The minimum atomic E-state index is 0.372. The first-order valence-electron chi connectivity index (χ1n) is 10.2. The van der Waals surface area contributed by atoms with Gasteiger partial charge < -0.3 is 9.80 Å². The van der Waals surface area contributed by atoms with Crippen molar-refractivity contribution in [2.75, 3.05) is 45.8 Å². The molecule has 2 rings (SSSR count). The maximum absolute atomic E-state index is 12.4. The molecule has 1 amide bonds. The second kappa shape index (κ2) is 9.76. The molecule has 0 aromatic rings. The fraction of sp³-hybridized carbons (Fsp3) is 0.950. The van der Waals surface area contributed by atoms with Crippen LogP contribution in [0.4, 0.5) is 0 Å². The van der Waals surface area contributed by atoms with Crippen molar-refractivity contribution in [3.05, 3.63) is 0 Å². The van der Waals surface area contributed by atoms with Crippen molar-refractivity contribution in [3.63, 3.8) is 0 Å². The minimum Gasteiger partial charge on any atom is -0.340 e. The van der Waals surface area contributed by atoms with Gasteiger partial charge in [-0.1, -0.05) is 20.8 Å². The van der Waals surface area contributed by atoms with E-state index in [-0.39, 0.29) is 0 Å². The number of rotatable bonds is 8. The molecule has 4 nitrogen and oxygen atoms in total. The summed E-state index contributed by atoms with van der Waals surface area (Å²) in [5.41, 5.74) is 0. The molecule has 140 valence electrons. The maximum Gasteiger partial charge on any atom is 0.222 e. The number of carbonyl (C=O) groups is 1. The number of piperazine rings is 1. The van der Waals surface area contributed by atoms with Gasteiger partial charge in [0.15, 0.2) is 0 Å². The van der Waals surface area contributed by atoms with Crippen LogP contribution in [0.5, 0.6) is 0 Å². The summed E-state index contributed by atoms with van der Waals surface area (Å²) in [5.74, 6) is 2.07. The van der Waals surface area contributed by atoms with E-state index in [0.717, 1.165) is 57.4 Å². The van der Waals surface area contributed by atoms with Crippen molar-refractivity contribution in [1.29, 1.82) is 0 Å². The molecular formula is C20H39N3O. The van der Waals surface area contributed by atoms with Gasteiger partial charge in [-0.2, -0.15) is 0 Å². The van der Waals surface area contributed by atoms with Crippen molar-refractivity contribution < 1.29 is 4.79 Å². The molecule has 0 aromatic carbocycles. The number of hydrogen-bond acceptors (Lipinski definition) is 3. The lowest BCUT2D eigenvalue weighted by Crippen LogP contribution is -2.51. The molecule has 0 saturated carbocycles. The molecule has 2 heterocycles. The van der Waals surface area contributed by atoms with Crippen LogP contribution in [0.1, 0.15) is 59.8 Å². The maximum atomic E-state index is 12.4. The van der Waals surface area contributed by atoms with Crippen LogP contribution in [0.25, 0.3) is 0 Å². The van der Waals surface area contributed by atoms with Crippen LogP contribution in [0.2, 0.25) is 0 Å². The summed E-state index contributed by atoms with van der Waals surface area (Å²) in [6.45, 7) is 16.7. The second-order valence-corrected chi connectivity index (χ2v) is 8.36. The van der Waals surface area contributed by atoms with E-state index in [4.69, 9.17) is 0 Å².